The van der Waals surface area contributed by atoms with Crippen LogP contribution >= 0.6 is 0 Å². The molecule has 9 nitrogen and oxygen atoms in total. The summed E-state index contributed by atoms with van der Waals surface area (Å²) in [5.74, 6) is 0.530. The Morgan fingerprint density at radius 3 is 2.49 bits per heavy atom. The van der Waals surface area contributed by atoms with Crippen LogP contribution in [0.5, 0.6) is 11.5 Å². The van der Waals surface area contributed by atoms with E-state index >= 15 is 0 Å². The number of benzene rings is 1. The van der Waals surface area contributed by atoms with Crippen LogP contribution in [0, 0.1) is 0 Å². The summed E-state index contributed by atoms with van der Waals surface area (Å²) in [6.45, 7) is 1.48. The number of fused-ring (bicyclic) bond motifs is 2. The lowest BCUT2D eigenvalue weighted by Crippen LogP contribution is -2.50. The second kappa shape index (κ2) is 8.93. The van der Waals surface area contributed by atoms with E-state index in [1.807, 2.05) is 11.4 Å². The smallest absolute Gasteiger partial charge is 0.405 e. The van der Waals surface area contributed by atoms with E-state index in [4.69, 9.17) is 9.47 Å². The summed E-state index contributed by atoms with van der Waals surface area (Å²) in [6.07, 6.45) is -1.17. The first-order chi connectivity index (χ1) is 16.5. The van der Waals surface area contributed by atoms with E-state index < -0.39 is 24.2 Å². The van der Waals surface area contributed by atoms with Crippen LogP contribution in [0.3, 0.4) is 0 Å². The van der Waals surface area contributed by atoms with Gasteiger partial charge >= 0.3 is 6.18 Å². The topological polar surface area (TPSA) is 114 Å². The molecule has 0 aliphatic heterocycles. The van der Waals surface area contributed by atoms with Crippen LogP contribution in [0.25, 0.3) is 33.3 Å². The van der Waals surface area contributed by atoms with Crippen LogP contribution in [0.1, 0.15) is 13.8 Å². The molecule has 0 unspecified atom stereocenters. The molecule has 184 valence electrons. The molecule has 0 saturated heterocycles. The van der Waals surface area contributed by atoms with Crippen LogP contribution in [-0.2, 0) is 4.79 Å². The molecule has 12 heteroatoms. The highest BCUT2D eigenvalue weighted by atomic mass is 19.4. The number of aromatic amines is 1. The summed E-state index contributed by atoms with van der Waals surface area (Å²) < 4.78 is 48.7. The number of hydrogen-bond acceptors (Lipinski definition) is 7. The molecule has 4 rings (SSSR count). The fraction of sp³-hybridized carbons (Fsp3) is 0.304. The monoisotopic (exact) mass is 488 g/mol. The molecule has 3 N–H and O–H groups in total. The Bertz CT molecular complexity index is 1400. The van der Waals surface area contributed by atoms with Gasteiger partial charge in [0.15, 0.2) is 17.3 Å². The maximum absolute atomic E-state index is 12.6. The molecule has 1 aromatic carbocycles. The maximum Gasteiger partial charge on any atom is 0.405 e. The van der Waals surface area contributed by atoms with E-state index in [1.165, 1.54) is 28.1 Å². The Hall–Kier alpha value is -4.09. The van der Waals surface area contributed by atoms with Gasteiger partial charge in [0, 0.05) is 34.8 Å². The zero-order valence-corrected chi connectivity index (χ0v) is 19.4. The van der Waals surface area contributed by atoms with Crippen LogP contribution in [0.15, 0.2) is 36.7 Å². The molecule has 0 atom stereocenters. The van der Waals surface area contributed by atoms with E-state index in [9.17, 15) is 18.0 Å². The van der Waals surface area contributed by atoms with Crippen LogP contribution in [0.2, 0.25) is 0 Å². The molecule has 3 heterocycles. The third-order valence-electron chi connectivity index (χ3n) is 5.34. The van der Waals surface area contributed by atoms with Crippen molar-refractivity contribution in [1.29, 1.82) is 0 Å². The Morgan fingerprint density at radius 1 is 1.09 bits per heavy atom. The number of carbonyl (C=O) groups is 1. The van der Waals surface area contributed by atoms with Crippen molar-refractivity contribution in [2.45, 2.75) is 25.6 Å². The molecule has 1 amide bonds. The molecule has 0 spiro atoms. The fourth-order valence-corrected chi connectivity index (χ4v) is 3.57. The van der Waals surface area contributed by atoms with Gasteiger partial charge in [0.2, 0.25) is 5.91 Å². The summed E-state index contributed by atoms with van der Waals surface area (Å²) in [6, 6.07) is 6.94. The van der Waals surface area contributed by atoms with Gasteiger partial charge in [0.25, 0.3) is 0 Å². The van der Waals surface area contributed by atoms with Crippen molar-refractivity contribution in [2.24, 2.45) is 0 Å². The van der Waals surface area contributed by atoms with Crippen molar-refractivity contribution < 1.29 is 27.4 Å². The Labute approximate surface area is 198 Å². The van der Waals surface area contributed by atoms with Crippen molar-refractivity contribution in [3.8, 4) is 22.9 Å². The third kappa shape index (κ3) is 4.91. The average Bonchev–Trinajstić information content (AvgIpc) is 3.25. The van der Waals surface area contributed by atoms with Gasteiger partial charge in [-0.1, -0.05) is 0 Å². The number of nitrogens with one attached hydrogen (secondary N) is 3. The molecule has 0 radical (unpaired) electrons. The van der Waals surface area contributed by atoms with Gasteiger partial charge in [0.1, 0.15) is 23.5 Å². The van der Waals surface area contributed by atoms with Crippen molar-refractivity contribution in [3.63, 3.8) is 0 Å². The van der Waals surface area contributed by atoms with E-state index in [0.717, 1.165) is 5.39 Å². The molecule has 0 bridgehead atoms. The highest BCUT2D eigenvalue weighted by molar-refractivity contribution is 5.98. The predicted molar refractivity (Wildman–Crippen MR) is 124 cm³/mol. The average molecular weight is 488 g/mol. The Balaban J connectivity index is 1.84. The van der Waals surface area contributed by atoms with Crippen molar-refractivity contribution in [1.82, 2.24) is 25.3 Å². The Morgan fingerprint density at radius 2 is 1.80 bits per heavy atom. The SMILES string of the molecule is COc1cc2nc(-c3c[nH]c4ncccc34)nc(NC(C)(C)C(=O)NCC(F)(F)F)c2cc1OC. The standard InChI is InChI=1S/C23H23F3N6O3/c1-22(2,21(33)29-11-23(24,25)26)32-20-13-8-16(34-3)17(35-4)9-15(13)30-19(31-20)14-10-28-18-12(14)6-5-7-27-18/h5-10H,11H2,1-4H3,(H,27,28)(H,29,33)(H,30,31,32). The maximum atomic E-state index is 12.6. The normalized spacial score (nSPS) is 12.1. The number of aromatic nitrogens is 4. The van der Waals surface area contributed by atoms with E-state index in [1.54, 1.807) is 30.6 Å². The number of hydrogen-bond donors (Lipinski definition) is 3. The zero-order chi connectivity index (χ0) is 25.4. The summed E-state index contributed by atoms with van der Waals surface area (Å²) in [5.41, 5.74) is 0.325. The van der Waals surface area contributed by atoms with Crippen molar-refractivity contribution >= 4 is 33.7 Å². The summed E-state index contributed by atoms with van der Waals surface area (Å²) in [5, 5.41) is 6.16. The number of H-pyrrole nitrogens is 1. The number of ether oxygens (including phenoxy) is 2. The molecule has 0 fully saturated rings. The minimum Gasteiger partial charge on any atom is -0.493 e. The lowest BCUT2D eigenvalue weighted by Gasteiger charge is -2.27. The molecule has 0 aliphatic carbocycles. The van der Waals surface area contributed by atoms with E-state index in [2.05, 4.69) is 25.3 Å². The Kier molecular flexibility index (Phi) is 6.14. The third-order valence-corrected chi connectivity index (χ3v) is 5.34. The van der Waals surface area contributed by atoms with Crippen molar-refractivity contribution in [3.05, 3.63) is 36.7 Å². The molecule has 0 aliphatic rings. The number of rotatable bonds is 7. The van der Waals surface area contributed by atoms with Gasteiger partial charge in [-0.15, -0.1) is 0 Å². The van der Waals surface area contributed by atoms with Crippen LogP contribution in [0.4, 0.5) is 19.0 Å². The largest absolute Gasteiger partial charge is 0.493 e. The van der Waals surface area contributed by atoms with Gasteiger partial charge in [-0.25, -0.2) is 15.0 Å². The minimum absolute atomic E-state index is 0.233. The van der Waals surface area contributed by atoms with E-state index in [0.29, 0.717) is 39.4 Å². The van der Waals surface area contributed by atoms with Gasteiger partial charge < -0.3 is 25.1 Å². The number of carbonyl (C=O) groups excluding carboxylic acids is 1. The minimum atomic E-state index is -4.53. The number of alkyl halides is 3. The molecule has 4 aromatic rings. The first-order valence-corrected chi connectivity index (χ1v) is 10.5. The lowest BCUT2D eigenvalue weighted by molar-refractivity contribution is -0.140. The van der Waals surface area contributed by atoms with Gasteiger partial charge in [-0.3, -0.25) is 4.79 Å². The van der Waals surface area contributed by atoms with Gasteiger partial charge in [0.05, 0.1) is 19.7 Å². The van der Waals surface area contributed by atoms with Gasteiger partial charge in [-0.05, 0) is 32.0 Å². The van der Waals surface area contributed by atoms with Crippen molar-refractivity contribution in [2.75, 3.05) is 26.1 Å². The number of anilines is 1. The second-order valence-corrected chi connectivity index (χ2v) is 8.27. The number of halogens is 3. The lowest BCUT2D eigenvalue weighted by atomic mass is 10.0. The van der Waals surface area contributed by atoms with Gasteiger partial charge in [-0.2, -0.15) is 13.2 Å². The first kappa shape index (κ1) is 24.0. The second-order valence-electron chi connectivity index (χ2n) is 8.27. The summed E-state index contributed by atoms with van der Waals surface area (Å²) >= 11 is 0. The summed E-state index contributed by atoms with van der Waals surface area (Å²) in [4.78, 5) is 29.2. The first-order valence-electron chi connectivity index (χ1n) is 10.5. The zero-order valence-electron chi connectivity index (χ0n) is 19.4. The molecular weight excluding hydrogens is 465 g/mol. The van der Waals surface area contributed by atoms with Crippen LogP contribution in [-0.4, -0.2) is 58.3 Å². The van der Waals surface area contributed by atoms with E-state index in [-0.39, 0.29) is 5.82 Å². The molecule has 3 aromatic heterocycles. The van der Waals surface area contributed by atoms with Crippen LogP contribution < -0.4 is 20.1 Å². The summed E-state index contributed by atoms with van der Waals surface area (Å²) in [7, 11) is 2.96. The number of pyridine rings is 1. The molecule has 0 saturated carbocycles. The number of methoxy groups -OCH3 is 2. The molecular formula is C23H23F3N6O3. The fourth-order valence-electron chi connectivity index (χ4n) is 3.57. The highest BCUT2D eigenvalue weighted by Gasteiger charge is 2.34. The predicted octanol–water partition coefficient (Wildman–Crippen LogP) is 4.06. The quantitative estimate of drug-likeness (QED) is 0.360. The highest BCUT2D eigenvalue weighted by Crippen LogP contribution is 2.37. The number of amides is 1. The molecule has 35 heavy (non-hydrogen) atoms. The number of nitrogens with zero attached hydrogens (tertiary/aromatic N) is 3.